The molecule has 19 heavy (non-hydrogen) atoms. The van der Waals surface area contributed by atoms with E-state index in [9.17, 15) is 9.59 Å². The van der Waals surface area contributed by atoms with E-state index >= 15 is 0 Å². The van der Waals surface area contributed by atoms with Crippen LogP contribution in [0.3, 0.4) is 0 Å². The van der Waals surface area contributed by atoms with E-state index in [0.29, 0.717) is 0 Å². The predicted molar refractivity (Wildman–Crippen MR) is 79.2 cm³/mol. The summed E-state index contributed by atoms with van der Waals surface area (Å²) in [5.74, 6) is -0.268. The van der Waals surface area contributed by atoms with Gasteiger partial charge in [0.25, 0.3) is 5.91 Å². The molecule has 104 valence electrons. The SMILES string of the molecule is Cc1cc(C(=O)NC2CCC(C(N)=O)CC2)sc1Br. The number of hydrogen-bond donors (Lipinski definition) is 2. The number of nitrogens with two attached hydrogens (primary N) is 1. The molecule has 1 fully saturated rings. The van der Waals surface area contributed by atoms with E-state index in [-0.39, 0.29) is 23.8 Å². The molecule has 1 heterocycles. The monoisotopic (exact) mass is 344 g/mol. The van der Waals surface area contributed by atoms with Gasteiger partial charge in [0, 0.05) is 12.0 Å². The van der Waals surface area contributed by atoms with Crippen molar-refractivity contribution in [2.24, 2.45) is 11.7 Å². The molecule has 0 saturated heterocycles. The van der Waals surface area contributed by atoms with Gasteiger partial charge in [0.1, 0.15) is 0 Å². The first-order chi connectivity index (χ1) is 8.97. The van der Waals surface area contributed by atoms with Crippen LogP contribution in [0, 0.1) is 12.8 Å². The highest BCUT2D eigenvalue weighted by Crippen LogP contribution is 2.28. The van der Waals surface area contributed by atoms with Gasteiger partial charge in [-0.3, -0.25) is 9.59 Å². The Labute approximate surface area is 124 Å². The standard InChI is InChI=1S/C13H17BrN2O2S/c1-7-6-10(19-11(7)14)13(18)16-9-4-2-8(3-5-9)12(15)17/h6,8-9H,2-5H2,1H3,(H2,15,17)(H,16,18). The Morgan fingerprint density at radius 2 is 2.00 bits per heavy atom. The van der Waals surface area contributed by atoms with Crippen molar-refractivity contribution in [1.29, 1.82) is 0 Å². The van der Waals surface area contributed by atoms with Crippen LogP contribution in [0.5, 0.6) is 0 Å². The molecule has 1 aromatic rings. The summed E-state index contributed by atoms with van der Waals surface area (Å²) in [5.41, 5.74) is 6.37. The fraction of sp³-hybridized carbons (Fsp3) is 0.538. The second-order valence-corrected chi connectivity index (χ2v) is 7.36. The smallest absolute Gasteiger partial charge is 0.261 e. The van der Waals surface area contributed by atoms with Crippen molar-refractivity contribution in [3.63, 3.8) is 0 Å². The molecular formula is C13H17BrN2O2S. The number of primary amides is 1. The van der Waals surface area contributed by atoms with Gasteiger partial charge in [-0.1, -0.05) is 0 Å². The van der Waals surface area contributed by atoms with Crippen molar-refractivity contribution in [3.05, 3.63) is 20.3 Å². The quantitative estimate of drug-likeness (QED) is 0.884. The highest BCUT2D eigenvalue weighted by molar-refractivity contribution is 9.11. The summed E-state index contributed by atoms with van der Waals surface area (Å²) in [7, 11) is 0. The Morgan fingerprint density at radius 1 is 1.37 bits per heavy atom. The van der Waals surface area contributed by atoms with Crippen LogP contribution in [0.25, 0.3) is 0 Å². The fourth-order valence-electron chi connectivity index (χ4n) is 2.35. The number of thiophene rings is 1. The number of nitrogens with one attached hydrogen (secondary N) is 1. The lowest BCUT2D eigenvalue weighted by Crippen LogP contribution is -2.39. The lowest BCUT2D eigenvalue weighted by Gasteiger charge is -2.27. The molecule has 0 radical (unpaired) electrons. The molecule has 0 bridgehead atoms. The maximum atomic E-state index is 12.1. The molecule has 0 spiro atoms. The minimum absolute atomic E-state index is 0.0220. The predicted octanol–water partition coefficient (Wildman–Crippen LogP) is 2.59. The lowest BCUT2D eigenvalue weighted by molar-refractivity contribution is -0.122. The van der Waals surface area contributed by atoms with Crippen LogP contribution in [-0.2, 0) is 4.79 Å². The van der Waals surface area contributed by atoms with Crippen molar-refractivity contribution in [3.8, 4) is 0 Å². The Hall–Kier alpha value is -0.880. The molecule has 2 amide bonds. The summed E-state index contributed by atoms with van der Waals surface area (Å²) in [4.78, 5) is 23.9. The van der Waals surface area contributed by atoms with E-state index in [1.807, 2.05) is 13.0 Å². The third kappa shape index (κ3) is 3.57. The summed E-state index contributed by atoms with van der Waals surface area (Å²) in [6.45, 7) is 1.97. The molecule has 1 aliphatic rings. The van der Waals surface area contributed by atoms with Crippen LogP contribution in [0.15, 0.2) is 9.85 Å². The van der Waals surface area contributed by atoms with Gasteiger partial charge in [0.2, 0.25) is 5.91 Å². The Morgan fingerprint density at radius 3 is 2.47 bits per heavy atom. The molecule has 1 aromatic heterocycles. The first-order valence-electron chi connectivity index (χ1n) is 6.33. The first kappa shape index (κ1) is 14.5. The van der Waals surface area contributed by atoms with E-state index < -0.39 is 0 Å². The molecule has 1 saturated carbocycles. The second-order valence-electron chi connectivity index (χ2n) is 4.99. The number of aryl methyl sites for hydroxylation is 1. The Kier molecular flexibility index (Phi) is 4.62. The number of hydrogen-bond acceptors (Lipinski definition) is 3. The van der Waals surface area contributed by atoms with Gasteiger partial charge in [-0.25, -0.2) is 0 Å². The minimum atomic E-state index is -0.220. The first-order valence-corrected chi connectivity index (χ1v) is 7.94. The molecule has 0 aliphatic heterocycles. The van der Waals surface area contributed by atoms with E-state index in [0.717, 1.165) is 39.9 Å². The maximum Gasteiger partial charge on any atom is 0.261 e. The van der Waals surface area contributed by atoms with Gasteiger partial charge < -0.3 is 11.1 Å². The van der Waals surface area contributed by atoms with Crippen molar-refractivity contribution >= 4 is 39.1 Å². The zero-order valence-electron chi connectivity index (χ0n) is 10.7. The van der Waals surface area contributed by atoms with Gasteiger partial charge in [-0.05, 0) is 60.2 Å². The highest BCUT2D eigenvalue weighted by Gasteiger charge is 2.26. The number of rotatable bonds is 3. The zero-order chi connectivity index (χ0) is 14.0. The molecule has 0 atom stereocenters. The Bertz CT molecular complexity index is 473. The van der Waals surface area contributed by atoms with Gasteiger partial charge in [-0.2, -0.15) is 0 Å². The topological polar surface area (TPSA) is 72.2 Å². The zero-order valence-corrected chi connectivity index (χ0v) is 13.1. The van der Waals surface area contributed by atoms with Crippen molar-refractivity contribution < 1.29 is 9.59 Å². The lowest BCUT2D eigenvalue weighted by atomic mass is 9.85. The van der Waals surface area contributed by atoms with Crippen LogP contribution in [-0.4, -0.2) is 17.9 Å². The van der Waals surface area contributed by atoms with E-state index in [2.05, 4.69) is 21.2 Å². The van der Waals surface area contributed by atoms with Crippen LogP contribution < -0.4 is 11.1 Å². The highest BCUT2D eigenvalue weighted by atomic mass is 79.9. The van der Waals surface area contributed by atoms with E-state index in [1.54, 1.807) is 0 Å². The average Bonchev–Trinajstić information content (AvgIpc) is 2.70. The molecule has 2 rings (SSSR count). The van der Waals surface area contributed by atoms with Gasteiger partial charge >= 0.3 is 0 Å². The summed E-state index contributed by atoms with van der Waals surface area (Å²) in [6, 6.07) is 2.04. The van der Waals surface area contributed by atoms with E-state index in [4.69, 9.17) is 5.73 Å². The summed E-state index contributed by atoms with van der Waals surface area (Å²) < 4.78 is 0.995. The maximum absolute atomic E-state index is 12.1. The largest absolute Gasteiger partial charge is 0.369 e. The third-order valence-electron chi connectivity index (χ3n) is 3.55. The summed E-state index contributed by atoms with van der Waals surface area (Å²) >= 11 is 4.87. The average molecular weight is 345 g/mol. The van der Waals surface area contributed by atoms with Crippen LogP contribution in [0.2, 0.25) is 0 Å². The number of amides is 2. The molecular weight excluding hydrogens is 328 g/mol. The van der Waals surface area contributed by atoms with Gasteiger partial charge in [-0.15, -0.1) is 11.3 Å². The molecule has 3 N–H and O–H groups in total. The van der Waals surface area contributed by atoms with Crippen LogP contribution in [0.1, 0.15) is 40.9 Å². The summed E-state index contributed by atoms with van der Waals surface area (Å²) in [6.07, 6.45) is 3.19. The van der Waals surface area contributed by atoms with E-state index in [1.165, 1.54) is 11.3 Å². The molecule has 1 aliphatic carbocycles. The Balaban J connectivity index is 1.89. The molecule has 0 aromatic carbocycles. The van der Waals surface area contributed by atoms with Crippen LogP contribution >= 0.6 is 27.3 Å². The number of halogens is 1. The van der Waals surface area contributed by atoms with Crippen molar-refractivity contribution in [2.75, 3.05) is 0 Å². The second kappa shape index (κ2) is 6.05. The third-order valence-corrected chi connectivity index (χ3v) is 5.68. The number of carbonyl (C=O) groups is 2. The number of carbonyl (C=O) groups excluding carboxylic acids is 2. The van der Waals surface area contributed by atoms with Crippen molar-refractivity contribution in [2.45, 2.75) is 38.6 Å². The molecule has 4 nitrogen and oxygen atoms in total. The van der Waals surface area contributed by atoms with Crippen molar-refractivity contribution in [1.82, 2.24) is 5.32 Å². The summed E-state index contributed by atoms with van der Waals surface area (Å²) in [5, 5.41) is 3.03. The minimum Gasteiger partial charge on any atom is -0.369 e. The van der Waals surface area contributed by atoms with Gasteiger partial charge in [0.05, 0.1) is 8.66 Å². The molecule has 6 heteroatoms. The molecule has 0 unspecified atom stereocenters. The van der Waals surface area contributed by atoms with Gasteiger partial charge in [0.15, 0.2) is 0 Å². The van der Waals surface area contributed by atoms with Crippen LogP contribution in [0.4, 0.5) is 0 Å². The fourth-order valence-corrected chi connectivity index (χ4v) is 3.79. The normalized spacial score (nSPS) is 23.1.